The third-order valence-electron chi connectivity index (χ3n) is 3.31. The van der Waals surface area contributed by atoms with E-state index >= 15 is 0 Å². The number of ether oxygens (including phenoxy) is 1. The molecule has 1 aliphatic carbocycles. The van der Waals surface area contributed by atoms with Crippen molar-refractivity contribution in [3.8, 4) is 5.75 Å². The lowest BCUT2D eigenvalue weighted by Crippen LogP contribution is -2.02. The average Bonchev–Trinajstić information content (AvgIpc) is 2.92. The SMILES string of the molecule is O=C(O)c1ccc(OCCCSC2CCCC2)cc1. The lowest BCUT2D eigenvalue weighted by atomic mass is 10.2. The summed E-state index contributed by atoms with van der Waals surface area (Å²) >= 11 is 2.07. The van der Waals surface area contributed by atoms with Gasteiger partial charge < -0.3 is 9.84 Å². The van der Waals surface area contributed by atoms with Crippen molar-refractivity contribution in [2.45, 2.75) is 37.4 Å². The molecular weight excluding hydrogens is 260 g/mol. The van der Waals surface area contributed by atoms with E-state index < -0.39 is 5.97 Å². The number of rotatable bonds is 7. The van der Waals surface area contributed by atoms with Gasteiger partial charge in [0.05, 0.1) is 12.2 Å². The number of carbonyl (C=O) groups is 1. The number of thioether (sulfide) groups is 1. The molecule has 1 aromatic carbocycles. The van der Waals surface area contributed by atoms with E-state index in [4.69, 9.17) is 9.84 Å². The Morgan fingerprint density at radius 2 is 1.95 bits per heavy atom. The summed E-state index contributed by atoms with van der Waals surface area (Å²) in [6.07, 6.45) is 6.58. The fourth-order valence-corrected chi connectivity index (χ4v) is 3.53. The molecule has 4 heteroatoms. The predicted octanol–water partition coefficient (Wildman–Crippen LogP) is 3.83. The van der Waals surface area contributed by atoms with Crippen LogP contribution in [0.5, 0.6) is 5.75 Å². The Balaban J connectivity index is 1.61. The van der Waals surface area contributed by atoms with Crippen LogP contribution >= 0.6 is 11.8 Å². The van der Waals surface area contributed by atoms with E-state index in [0.29, 0.717) is 12.2 Å². The molecule has 104 valence electrons. The summed E-state index contributed by atoms with van der Waals surface area (Å²) < 4.78 is 5.60. The third-order valence-corrected chi connectivity index (χ3v) is 4.78. The molecule has 1 N–H and O–H groups in total. The third kappa shape index (κ3) is 4.78. The quantitative estimate of drug-likeness (QED) is 0.771. The summed E-state index contributed by atoms with van der Waals surface area (Å²) in [5.74, 6) is 0.994. The number of hydrogen-bond acceptors (Lipinski definition) is 3. The van der Waals surface area contributed by atoms with E-state index in [0.717, 1.165) is 23.2 Å². The first-order chi connectivity index (χ1) is 9.25. The fraction of sp³-hybridized carbons (Fsp3) is 0.533. The highest BCUT2D eigenvalue weighted by Gasteiger charge is 2.14. The summed E-state index contributed by atoms with van der Waals surface area (Å²) in [6.45, 7) is 0.701. The first-order valence-electron chi connectivity index (χ1n) is 6.83. The van der Waals surface area contributed by atoms with Crippen LogP contribution in [0.25, 0.3) is 0 Å². The first-order valence-corrected chi connectivity index (χ1v) is 7.88. The lowest BCUT2D eigenvalue weighted by Gasteiger charge is -2.09. The second-order valence-corrected chi connectivity index (χ2v) is 6.22. The van der Waals surface area contributed by atoms with E-state index in [9.17, 15) is 4.79 Å². The van der Waals surface area contributed by atoms with Gasteiger partial charge >= 0.3 is 5.97 Å². The summed E-state index contributed by atoms with van der Waals surface area (Å²) in [7, 11) is 0. The summed E-state index contributed by atoms with van der Waals surface area (Å²) in [6, 6.07) is 6.58. The highest BCUT2D eigenvalue weighted by atomic mass is 32.2. The maximum absolute atomic E-state index is 10.7. The molecule has 0 unspecified atom stereocenters. The molecule has 0 aliphatic heterocycles. The minimum atomic E-state index is -0.903. The Morgan fingerprint density at radius 3 is 2.58 bits per heavy atom. The molecule has 1 fully saturated rings. The van der Waals surface area contributed by atoms with Gasteiger partial charge in [0.2, 0.25) is 0 Å². The Bertz CT molecular complexity index is 396. The van der Waals surface area contributed by atoms with Gasteiger partial charge in [-0.1, -0.05) is 12.8 Å². The maximum atomic E-state index is 10.7. The van der Waals surface area contributed by atoms with Gasteiger partial charge in [0, 0.05) is 5.25 Å². The summed E-state index contributed by atoms with van der Waals surface area (Å²) in [4.78, 5) is 10.7. The molecule has 3 nitrogen and oxygen atoms in total. The van der Waals surface area contributed by atoms with Crippen LogP contribution in [-0.4, -0.2) is 28.7 Å². The van der Waals surface area contributed by atoms with E-state index in [1.807, 2.05) is 0 Å². The second kappa shape index (κ2) is 7.43. The molecule has 0 radical (unpaired) electrons. The molecule has 0 heterocycles. The molecule has 0 aromatic heterocycles. The standard InChI is InChI=1S/C15H20O3S/c16-15(17)12-6-8-13(9-7-12)18-10-3-11-19-14-4-1-2-5-14/h6-9,14H,1-5,10-11H2,(H,16,17). The number of carboxylic acids is 1. The zero-order chi connectivity index (χ0) is 13.5. The molecule has 1 aromatic rings. The van der Waals surface area contributed by atoms with Crippen molar-refractivity contribution in [2.75, 3.05) is 12.4 Å². The minimum Gasteiger partial charge on any atom is -0.494 e. The van der Waals surface area contributed by atoms with Crippen LogP contribution in [0.1, 0.15) is 42.5 Å². The number of aromatic carboxylic acids is 1. The maximum Gasteiger partial charge on any atom is 0.335 e. The Labute approximate surface area is 118 Å². The molecule has 1 saturated carbocycles. The molecule has 19 heavy (non-hydrogen) atoms. The first kappa shape index (κ1) is 14.3. The van der Waals surface area contributed by atoms with Gasteiger partial charge in [-0.3, -0.25) is 0 Å². The number of hydrogen-bond donors (Lipinski definition) is 1. The van der Waals surface area contributed by atoms with E-state index in [1.165, 1.54) is 25.7 Å². The lowest BCUT2D eigenvalue weighted by molar-refractivity contribution is 0.0697. The predicted molar refractivity (Wildman–Crippen MR) is 78.2 cm³/mol. The van der Waals surface area contributed by atoms with Crippen LogP contribution in [0.3, 0.4) is 0 Å². The topological polar surface area (TPSA) is 46.5 Å². The molecule has 0 bridgehead atoms. The highest BCUT2D eigenvalue weighted by molar-refractivity contribution is 7.99. The fourth-order valence-electron chi connectivity index (χ4n) is 2.25. The van der Waals surface area contributed by atoms with Crippen molar-refractivity contribution < 1.29 is 14.6 Å². The van der Waals surface area contributed by atoms with Crippen LogP contribution < -0.4 is 4.74 Å². The number of benzene rings is 1. The molecule has 0 atom stereocenters. The summed E-state index contributed by atoms with van der Waals surface area (Å²) in [5.41, 5.74) is 0.295. The zero-order valence-electron chi connectivity index (χ0n) is 11.0. The smallest absolute Gasteiger partial charge is 0.335 e. The van der Waals surface area contributed by atoms with Crippen molar-refractivity contribution in [3.05, 3.63) is 29.8 Å². The van der Waals surface area contributed by atoms with Crippen LogP contribution in [0.4, 0.5) is 0 Å². The number of carboxylic acid groups (broad SMARTS) is 1. The molecule has 0 spiro atoms. The summed E-state index contributed by atoms with van der Waals surface area (Å²) in [5, 5.41) is 9.65. The van der Waals surface area contributed by atoms with Crippen molar-refractivity contribution >= 4 is 17.7 Å². The molecule has 0 saturated heterocycles. The normalized spacial score (nSPS) is 15.6. The van der Waals surface area contributed by atoms with Gasteiger partial charge in [0.1, 0.15) is 5.75 Å². The highest BCUT2D eigenvalue weighted by Crippen LogP contribution is 2.29. The molecule has 1 aliphatic rings. The monoisotopic (exact) mass is 280 g/mol. The zero-order valence-corrected chi connectivity index (χ0v) is 11.8. The Morgan fingerprint density at radius 1 is 1.26 bits per heavy atom. The van der Waals surface area contributed by atoms with Crippen LogP contribution in [0.2, 0.25) is 0 Å². The van der Waals surface area contributed by atoms with Crippen molar-refractivity contribution in [1.82, 2.24) is 0 Å². The van der Waals surface area contributed by atoms with Crippen LogP contribution in [0, 0.1) is 0 Å². The van der Waals surface area contributed by atoms with Crippen LogP contribution in [-0.2, 0) is 0 Å². The van der Waals surface area contributed by atoms with Crippen molar-refractivity contribution in [2.24, 2.45) is 0 Å². The Hall–Kier alpha value is -1.16. The van der Waals surface area contributed by atoms with Gasteiger partial charge in [0.15, 0.2) is 0 Å². The average molecular weight is 280 g/mol. The van der Waals surface area contributed by atoms with Crippen molar-refractivity contribution in [3.63, 3.8) is 0 Å². The van der Waals surface area contributed by atoms with E-state index in [-0.39, 0.29) is 0 Å². The van der Waals surface area contributed by atoms with Gasteiger partial charge in [-0.25, -0.2) is 4.79 Å². The van der Waals surface area contributed by atoms with Gasteiger partial charge in [-0.2, -0.15) is 11.8 Å². The molecule has 2 rings (SSSR count). The van der Waals surface area contributed by atoms with E-state index in [2.05, 4.69) is 11.8 Å². The molecule has 0 amide bonds. The Kier molecular flexibility index (Phi) is 5.58. The largest absolute Gasteiger partial charge is 0.494 e. The molecular formula is C15H20O3S. The van der Waals surface area contributed by atoms with Crippen LogP contribution in [0.15, 0.2) is 24.3 Å². The van der Waals surface area contributed by atoms with Gasteiger partial charge in [0.25, 0.3) is 0 Å². The van der Waals surface area contributed by atoms with E-state index in [1.54, 1.807) is 24.3 Å². The minimum absolute atomic E-state index is 0.295. The van der Waals surface area contributed by atoms with Crippen molar-refractivity contribution in [1.29, 1.82) is 0 Å². The van der Waals surface area contributed by atoms with Gasteiger partial charge in [-0.15, -0.1) is 0 Å². The second-order valence-electron chi connectivity index (χ2n) is 4.81. The van der Waals surface area contributed by atoms with Gasteiger partial charge in [-0.05, 0) is 49.3 Å².